The van der Waals surface area contributed by atoms with Crippen molar-refractivity contribution < 1.29 is 23.5 Å². The minimum absolute atomic E-state index is 0.177. The Morgan fingerprint density at radius 2 is 1.58 bits per heavy atom. The van der Waals surface area contributed by atoms with E-state index in [1.165, 1.54) is 6.07 Å². The van der Waals surface area contributed by atoms with Crippen LogP contribution in [-0.2, 0) is 32.8 Å². The van der Waals surface area contributed by atoms with Gasteiger partial charge in [-0.1, -0.05) is 23.4 Å². The number of hydrogen-bond acceptors (Lipinski definition) is 6. The first-order valence-electron chi connectivity index (χ1n) is 15.8. The van der Waals surface area contributed by atoms with Crippen LogP contribution in [0.5, 0.6) is 0 Å². The van der Waals surface area contributed by atoms with Crippen LogP contribution in [0.2, 0.25) is 10.4 Å². The lowest BCUT2D eigenvalue weighted by Gasteiger charge is -2.59. The summed E-state index contributed by atoms with van der Waals surface area (Å²) in [6.07, 6.45) is 0. The van der Waals surface area contributed by atoms with Crippen molar-refractivity contribution in [2.75, 3.05) is 18.4 Å². The van der Waals surface area contributed by atoms with Crippen LogP contribution in [0, 0.1) is 5.82 Å². The Bertz CT molecular complexity index is 1590. The molecule has 3 aliphatic heterocycles. The number of rotatable bonds is 6. The quantitative estimate of drug-likeness (QED) is 0.262. The number of halogens is 1. The summed E-state index contributed by atoms with van der Waals surface area (Å²) in [5.74, 6) is -1.43. The number of amides is 3. The molecule has 0 aromatic heterocycles. The van der Waals surface area contributed by atoms with E-state index in [-0.39, 0.29) is 35.4 Å². The van der Waals surface area contributed by atoms with E-state index < -0.39 is 27.1 Å². The number of carbonyl (C=O) groups is 3. The number of morpholine rings is 1. The maximum Gasteiger partial charge on any atom is 0.254 e. The first-order valence-corrected chi connectivity index (χ1v) is 15.8. The number of nitrogens with one attached hydrogen (secondary N) is 2. The van der Waals surface area contributed by atoms with Crippen LogP contribution in [-0.4, -0.2) is 112 Å². The number of nitrogens with zero attached hydrogens (tertiary/aromatic N) is 2. The maximum atomic E-state index is 15.5. The SMILES string of the molecule is BC(B)(Nc1cccc2c1CN(C1(B)C(=O)NC(=O)C(B)(B)C1(B)B)C2=O)c1cc(CN2CC(C)(C)OC(C)(C)C2)ccc1F. The van der Waals surface area contributed by atoms with Crippen LogP contribution in [0.1, 0.15) is 54.7 Å². The van der Waals surface area contributed by atoms with Crippen LogP contribution in [0.25, 0.3) is 0 Å². The Morgan fingerprint density at radius 1 is 0.956 bits per heavy atom. The van der Waals surface area contributed by atoms with Gasteiger partial charge in [0, 0.05) is 48.3 Å². The van der Waals surface area contributed by atoms with E-state index in [2.05, 4.69) is 43.2 Å². The van der Waals surface area contributed by atoms with E-state index in [1.807, 2.05) is 49.6 Å². The zero-order valence-corrected chi connectivity index (χ0v) is 28.7. The molecule has 45 heavy (non-hydrogen) atoms. The zero-order valence-electron chi connectivity index (χ0n) is 28.7. The normalized spacial score (nSPS) is 25.4. The molecule has 1 atom stereocenters. The molecule has 2 saturated heterocycles. The highest BCUT2D eigenvalue weighted by Crippen LogP contribution is 2.55. The van der Waals surface area contributed by atoms with Crippen molar-refractivity contribution in [2.24, 2.45) is 0 Å². The fourth-order valence-electron chi connectivity index (χ4n) is 7.70. The van der Waals surface area contributed by atoms with Gasteiger partial charge in [-0.25, -0.2) is 4.39 Å². The fraction of sp³-hybridized carbons (Fsp3) is 0.483. The molecule has 230 valence electrons. The van der Waals surface area contributed by atoms with E-state index in [1.54, 1.807) is 40.6 Å². The fourth-order valence-corrected chi connectivity index (χ4v) is 7.70. The molecule has 2 fully saturated rings. The first-order chi connectivity index (χ1) is 20.5. The lowest BCUT2D eigenvalue weighted by atomic mass is 9.21. The second-order valence-electron chi connectivity index (χ2n) is 16.2. The number of hydrogen-bond donors (Lipinski definition) is 2. The van der Waals surface area contributed by atoms with Crippen LogP contribution < -0.4 is 10.6 Å². The van der Waals surface area contributed by atoms with Gasteiger partial charge in [0.05, 0.1) is 16.6 Å². The Labute approximate surface area is 272 Å². The summed E-state index contributed by atoms with van der Waals surface area (Å²) < 4.78 is 21.8. The Balaban J connectivity index is 1.44. The number of ether oxygens (including phenoxy) is 1. The van der Waals surface area contributed by atoms with E-state index in [4.69, 9.17) is 4.74 Å². The second kappa shape index (κ2) is 10.6. The molecule has 3 heterocycles. The Morgan fingerprint density at radius 3 is 2.20 bits per heavy atom. The van der Waals surface area contributed by atoms with Crippen molar-refractivity contribution in [1.82, 2.24) is 15.1 Å². The Hall–Kier alpha value is -2.85. The van der Waals surface area contributed by atoms with Gasteiger partial charge in [0.1, 0.15) is 60.7 Å². The lowest BCUT2D eigenvalue weighted by Crippen LogP contribution is -2.75. The van der Waals surface area contributed by atoms with E-state index in [9.17, 15) is 14.4 Å². The van der Waals surface area contributed by atoms with E-state index >= 15 is 4.39 Å². The topological polar surface area (TPSA) is 91.0 Å². The van der Waals surface area contributed by atoms with E-state index in [0.29, 0.717) is 23.4 Å². The third-order valence-electron chi connectivity index (χ3n) is 10.8. The number of fused-ring (bicyclic) bond motifs is 1. The summed E-state index contributed by atoms with van der Waals surface area (Å²) in [7, 11) is 13.0. The average molecular weight is 605 g/mol. The molecule has 2 aromatic carbocycles. The molecule has 3 amide bonds. The lowest BCUT2D eigenvalue weighted by molar-refractivity contribution is -0.182. The average Bonchev–Trinajstić information content (AvgIpc) is 3.23. The molecule has 0 bridgehead atoms. The molecule has 8 nitrogen and oxygen atoms in total. The van der Waals surface area contributed by atoms with Gasteiger partial charge in [-0.2, -0.15) is 0 Å². The third kappa shape index (κ3) is 5.49. The molecule has 5 rings (SSSR count). The van der Waals surface area contributed by atoms with Crippen molar-refractivity contribution in [3.63, 3.8) is 0 Å². The highest BCUT2D eigenvalue weighted by molar-refractivity contribution is 6.66. The number of benzene rings is 2. The molecule has 2 N–H and O–H groups in total. The molecule has 0 radical (unpaired) electrons. The number of anilines is 1. The van der Waals surface area contributed by atoms with Gasteiger partial charge in [-0.05, 0) is 62.2 Å². The standard InChI is InChI=1S/C29H42B7FN4O4/c1-24(2)13-40(14-25(3,4)45-24)11-15-8-9-19(37)18(10-15)28(33,34)39-20-7-5-6-16-17(20)12-41(21(16)42)27(32)23(44)38-22(43)26(30,31)29(27,35)36/h5-10,39H,11-14,30-36H2,1-4H3,(H,38,43,44). The number of imide groups is 1. The molecule has 16 heteroatoms. The third-order valence-corrected chi connectivity index (χ3v) is 10.8. The van der Waals surface area contributed by atoms with Crippen LogP contribution in [0.3, 0.4) is 0 Å². The van der Waals surface area contributed by atoms with Crippen LogP contribution in [0.15, 0.2) is 36.4 Å². The second-order valence-corrected chi connectivity index (χ2v) is 16.2. The van der Waals surface area contributed by atoms with Gasteiger partial charge in [0.2, 0.25) is 11.8 Å². The first kappa shape index (κ1) is 33.5. The van der Waals surface area contributed by atoms with Gasteiger partial charge >= 0.3 is 0 Å². The molecule has 0 saturated carbocycles. The summed E-state index contributed by atoms with van der Waals surface area (Å²) in [4.78, 5) is 44.2. The van der Waals surface area contributed by atoms with Gasteiger partial charge in [0.15, 0.2) is 0 Å². The van der Waals surface area contributed by atoms with Crippen LogP contribution in [0.4, 0.5) is 10.1 Å². The Kier molecular flexibility index (Phi) is 7.89. The highest BCUT2D eigenvalue weighted by atomic mass is 19.1. The van der Waals surface area contributed by atoms with Gasteiger partial charge < -0.3 is 15.0 Å². The van der Waals surface area contributed by atoms with Crippen molar-refractivity contribution in [3.05, 3.63) is 64.5 Å². The summed E-state index contributed by atoms with van der Waals surface area (Å²) in [6.45, 7) is 10.8. The molecular formula is C29H42B7FN4O4. The zero-order chi connectivity index (χ0) is 33.5. The van der Waals surface area contributed by atoms with Gasteiger partial charge in [-0.3, -0.25) is 24.6 Å². The largest absolute Gasteiger partial charge is 0.391 e. The minimum Gasteiger partial charge on any atom is -0.391 e. The summed E-state index contributed by atoms with van der Waals surface area (Å²) >= 11 is 0. The molecule has 2 aromatic rings. The number of piperidine rings is 1. The summed E-state index contributed by atoms with van der Waals surface area (Å²) in [5, 5.41) is 3.43. The van der Waals surface area contributed by atoms with Gasteiger partial charge in [-0.15, -0.1) is 0 Å². The predicted molar refractivity (Wildman–Crippen MR) is 194 cm³/mol. The van der Waals surface area contributed by atoms with Crippen LogP contribution >= 0.6 is 0 Å². The highest BCUT2D eigenvalue weighted by Gasteiger charge is 2.64. The molecule has 0 aliphatic carbocycles. The van der Waals surface area contributed by atoms with Crippen molar-refractivity contribution in [3.8, 4) is 0 Å². The van der Waals surface area contributed by atoms with Crippen molar-refractivity contribution in [1.29, 1.82) is 0 Å². The predicted octanol–water partition coefficient (Wildman–Crippen LogP) is -3.59. The molecule has 3 aliphatic rings. The smallest absolute Gasteiger partial charge is 0.254 e. The minimum atomic E-state index is -1.30. The van der Waals surface area contributed by atoms with Gasteiger partial charge in [0.25, 0.3) is 5.91 Å². The maximum absolute atomic E-state index is 15.5. The van der Waals surface area contributed by atoms with E-state index in [0.717, 1.165) is 24.2 Å². The molecule has 1 unspecified atom stereocenters. The summed E-state index contributed by atoms with van der Waals surface area (Å²) in [6, 6.07) is 10.7. The van der Waals surface area contributed by atoms with Crippen molar-refractivity contribution in [2.45, 2.75) is 73.2 Å². The molecular weight excluding hydrogens is 563 g/mol. The summed E-state index contributed by atoms with van der Waals surface area (Å²) in [5.41, 5.74) is 1.57. The van der Waals surface area contributed by atoms with Crippen molar-refractivity contribution >= 4 is 78.3 Å². The molecule has 0 spiro atoms. The monoisotopic (exact) mass is 606 g/mol. The number of carbonyl (C=O) groups excluding carboxylic acids is 3.